The first-order chi connectivity index (χ1) is 16.4. The van der Waals surface area contributed by atoms with Gasteiger partial charge in [0.05, 0.1) is 4.90 Å². The molecule has 6 nitrogen and oxygen atoms in total. The maximum absolute atomic E-state index is 13.5. The maximum atomic E-state index is 13.5. The molecule has 1 aliphatic rings. The molecule has 34 heavy (non-hydrogen) atoms. The van der Waals surface area contributed by atoms with E-state index in [2.05, 4.69) is 21.8 Å². The molecule has 0 unspecified atom stereocenters. The van der Waals surface area contributed by atoms with Crippen LogP contribution in [0.4, 0.5) is 4.39 Å². The summed E-state index contributed by atoms with van der Waals surface area (Å²) in [6.45, 7) is 3.28. The van der Waals surface area contributed by atoms with Gasteiger partial charge in [-0.3, -0.25) is 9.69 Å². The van der Waals surface area contributed by atoms with E-state index in [-0.39, 0.29) is 17.2 Å². The largest absolute Gasteiger partial charge is 0.339 e. The van der Waals surface area contributed by atoms with E-state index in [1.165, 1.54) is 17.7 Å². The van der Waals surface area contributed by atoms with E-state index in [1.807, 2.05) is 48.5 Å². The molecule has 0 aromatic heterocycles. The number of nitrogens with zero attached hydrogens (tertiary/aromatic N) is 2. The first-order valence-electron chi connectivity index (χ1n) is 11.3. The molecule has 1 heterocycles. The molecule has 0 bridgehead atoms. The number of amides is 1. The summed E-state index contributed by atoms with van der Waals surface area (Å²) in [6, 6.07) is 23.1. The Hall–Kier alpha value is -3.07. The smallest absolute Gasteiger partial charge is 0.241 e. The van der Waals surface area contributed by atoms with Gasteiger partial charge < -0.3 is 4.90 Å². The van der Waals surface area contributed by atoms with Gasteiger partial charge in [-0.25, -0.2) is 12.8 Å². The average Bonchev–Trinajstić information content (AvgIpc) is 2.85. The number of halogens is 1. The quantitative estimate of drug-likeness (QED) is 0.537. The van der Waals surface area contributed by atoms with Gasteiger partial charge in [-0.1, -0.05) is 60.7 Å². The normalized spacial score (nSPS) is 15.7. The molecule has 4 rings (SSSR count). The molecule has 0 radical (unpaired) electrons. The van der Waals surface area contributed by atoms with Crippen molar-refractivity contribution in [3.05, 3.63) is 102 Å². The highest BCUT2D eigenvalue weighted by Crippen LogP contribution is 2.15. The van der Waals surface area contributed by atoms with Crippen molar-refractivity contribution < 1.29 is 17.6 Å². The van der Waals surface area contributed by atoms with Gasteiger partial charge in [0.25, 0.3) is 0 Å². The predicted octanol–water partition coefficient (Wildman–Crippen LogP) is 3.06. The van der Waals surface area contributed by atoms with Crippen LogP contribution in [0.1, 0.15) is 11.1 Å². The Kier molecular flexibility index (Phi) is 7.72. The van der Waals surface area contributed by atoms with Crippen LogP contribution in [0.2, 0.25) is 0 Å². The third-order valence-electron chi connectivity index (χ3n) is 5.94. The van der Waals surface area contributed by atoms with Gasteiger partial charge in [0.2, 0.25) is 15.9 Å². The zero-order valence-corrected chi connectivity index (χ0v) is 19.6. The number of carbonyl (C=O) groups is 1. The van der Waals surface area contributed by atoms with Crippen LogP contribution in [0.3, 0.4) is 0 Å². The molecule has 0 saturated carbocycles. The number of nitrogens with one attached hydrogen (secondary N) is 1. The number of piperazine rings is 1. The van der Waals surface area contributed by atoms with Crippen LogP contribution in [0.5, 0.6) is 0 Å². The Balaban J connectivity index is 1.46. The number of benzene rings is 3. The maximum Gasteiger partial charge on any atom is 0.241 e. The molecule has 1 N–H and O–H groups in total. The lowest BCUT2D eigenvalue weighted by Crippen LogP contribution is -2.55. The van der Waals surface area contributed by atoms with Crippen LogP contribution in [0.15, 0.2) is 89.8 Å². The summed E-state index contributed by atoms with van der Waals surface area (Å²) in [5.74, 6) is -0.780. The summed E-state index contributed by atoms with van der Waals surface area (Å²) in [6.07, 6.45) is 0.227. The van der Waals surface area contributed by atoms with Crippen LogP contribution in [-0.4, -0.2) is 56.3 Å². The summed E-state index contributed by atoms with van der Waals surface area (Å²) in [5.41, 5.74) is 2.07. The molecule has 1 fully saturated rings. The van der Waals surface area contributed by atoms with Crippen molar-refractivity contribution in [1.82, 2.24) is 14.5 Å². The zero-order valence-electron chi connectivity index (χ0n) is 18.8. The van der Waals surface area contributed by atoms with E-state index in [0.29, 0.717) is 26.2 Å². The molecule has 0 spiro atoms. The summed E-state index contributed by atoms with van der Waals surface area (Å²) in [4.78, 5) is 17.4. The standard InChI is InChI=1S/C26H28FN3O3S/c27-23-11-13-24(14-12-23)34(32,33)28-25(19-21-7-3-1-4-8-21)26(31)30-17-15-29(16-18-30)20-22-9-5-2-6-10-22/h1-14,25,28H,15-20H2/t25-/m1/s1. The lowest BCUT2D eigenvalue weighted by atomic mass is 10.1. The Morgan fingerprint density at radius 2 is 1.38 bits per heavy atom. The molecule has 0 aliphatic carbocycles. The monoisotopic (exact) mass is 481 g/mol. The minimum absolute atomic E-state index is 0.0764. The SMILES string of the molecule is O=C([C@@H](Cc1ccccc1)NS(=O)(=O)c1ccc(F)cc1)N1CCN(Cc2ccccc2)CC1. The van der Waals surface area contributed by atoms with E-state index in [4.69, 9.17) is 0 Å². The molecular formula is C26H28FN3O3S. The fraction of sp³-hybridized carbons (Fsp3) is 0.269. The Morgan fingerprint density at radius 3 is 1.97 bits per heavy atom. The summed E-state index contributed by atoms with van der Waals surface area (Å²) < 4.78 is 41.8. The van der Waals surface area contributed by atoms with Crippen LogP contribution >= 0.6 is 0 Å². The second kappa shape index (κ2) is 10.9. The van der Waals surface area contributed by atoms with Crippen molar-refractivity contribution >= 4 is 15.9 Å². The highest BCUT2D eigenvalue weighted by atomic mass is 32.2. The second-order valence-corrected chi connectivity index (χ2v) is 10.1. The lowest BCUT2D eigenvalue weighted by molar-refractivity contribution is -0.134. The molecule has 178 valence electrons. The highest BCUT2D eigenvalue weighted by Gasteiger charge is 2.31. The van der Waals surface area contributed by atoms with Gasteiger partial charge in [0, 0.05) is 32.7 Å². The molecule has 1 saturated heterocycles. The van der Waals surface area contributed by atoms with Gasteiger partial charge in [-0.05, 0) is 41.8 Å². The molecule has 8 heteroatoms. The molecule has 3 aromatic rings. The van der Waals surface area contributed by atoms with Gasteiger partial charge in [0.1, 0.15) is 11.9 Å². The minimum atomic E-state index is -4.01. The van der Waals surface area contributed by atoms with Crippen LogP contribution in [0.25, 0.3) is 0 Å². The van der Waals surface area contributed by atoms with Crippen molar-refractivity contribution in [2.24, 2.45) is 0 Å². The minimum Gasteiger partial charge on any atom is -0.339 e. The first kappa shape index (κ1) is 24.1. The van der Waals surface area contributed by atoms with Crippen molar-refractivity contribution in [2.75, 3.05) is 26.2 Å². The van der Waals surface area contributed by atoms with Crippen LogP contribution in [0, 0.1) is 5.82 Å². The number of rotatable bonds is 8. The van der Waals surface area contributed by atoms with Gasteiger partial charge in [0.15, 0.2) is 0 Å². The molecule has 1 aliphatic heterocycles. The second-order valence-electron chi connectivity index (χ2n) is 8.40. The van der Waals surface area contributed by atoms with Crippen molar-refractivity contribution in [3.8, 4) is 0 Å². The van der Waals surface area contributed by atoms with E-state index >= 15 is 0 Å². The predicted molar refractivity (Wildman–Crippen MR) is 129 cm³/mol. The van der Waals surface area contributed by atoms with E-state index in [9.17, 15) is 17.6 Å². The third kappa shape index (κ3) is 6.28. The Bertz CT molecular complexity index is 1180. The zero-order chi connectivity index (χ0) is 24.0. The van der Waals surface area contributed by atoms with Crippen LogP contribution < -0.4 is 4.72 Å². The molecule has 1 atom stereocenters. The average molecular weight is 482 g/mol. The van der Waals surface area contributed by atoms with Crippen LogP contribution in [-0.2, 0) is 27.8 Å². The topological polar surface area (TPSA) is 69.7 Å². The molecule has 3 aromatic carbocycles. The number of sulfonamides is 1. The molecule has 1 amide bonds. The Morgan fingerprint density at radius 1 is 0.824 bits per heavy atom. The summed E-state index contributed by atoms with van der Waals surface area (Å²) >= 11 is 0. The van der Waals surface area contributed by atoms with Crippen molar-refractivity contribution in [1.29, 1.82) is 0 Å². The van der Waals surface area contributed by atoms with Crippen molar-refractivity contribution in [3.63, 3.8) is 0 Å². The first-order valence-corrected chi connectivity index (χ1v) is 12.8. The van der Waals surface area contributed by atoms with E-state index in [0.717, 1.165) is 24.2 Å². The summed E-state index contributed by atoms with van der Waals surface area (Å²) in [7, 11) is -4.01. The number of carbonyl (C=O) groups excluding carboxylic acids is 1. The molecular weight excluding hydrogens is 453 g/mol. The number of hydrogen-bond acceptors (Lipinski definition) is 4. The van der Waals surface area contributed by atoms with E-state index in [1.54, 1.807) is 4.90 Å². The number of hydrogen-bond donors (Lipinski definition) is 1. The van der Waals surface area contributed by atoms with E-state index < -0.39 is 21.9 Å². The van der Waals surface area contributed by atoms with Crippen molar-refractivity contribution in [2.45, 2.75) is 23.9 Å². The lowest BCUT2D eigenvalue weighted by Gasteiger charge is -2.36. The summed E-state index contributed by atoms with van der Waals surface area (Å²) in [5, 5.41) is 0. The fourth-order valence-corrected chi connectivity index (χ4v) is 5.28. The highest BCUT2D eigenvalue weighted by molar-refractivity contribution is 7.89. The Labute approximate surface area is 200 Å². The third-order valence-corrected chi connectivity index (χ3v) is 7.42. The van der Waals surface area contributed by atoms with Gasteiger partial charge in [-0.15, -0.1) is 0 Å². The van der Waals surface area contributed by atoms with Gasteiger partial charge in [-0.2, -0.15) is 4.72 Å². The fourth-order valence-electron chi connectivity index (χ4n) is 4.09. The van der Waals surface area contributed by atoms with Gasteiger partial charge >= 0.3 is 0 Å².